The van der Waals surface area contributed by atoms with E-state index in [9.17, 15) is 13.2 Å². The fourth-order valence-corrected chi connectivity index (χ4v) is 2.01. The van der Waals surface area contributed by atoms with E-state index >= 15 is 0 Å². The molecule has 0 atom stereocenters. The average Bonchev–Trinajstić information content (AvgIpc) is 2.37. The molecule has 2 nitrogen and oxygen atoms in total. The highest BCUT2D eigenvalue weighted by molar-refractivity contribution is 5.70. The first-order valence-electron chi connectivity index (χ1n) is 5.74. The molecule has 0 radical (unpaired) electrons. The van der Waals surface area contributed by atoms with Crippen molar-refractivity contribution in [1.82, 2.24) is 4.98 Å². The van der Waals surface area contributed by atoms with Gasteiger partial charge in [0.25, 0.3) is 0 Å². The van der Waals surface area contributed by atoms with Crippen molar-refractivity contribution in [3.8, 4) is 11.1 Å². The SMILES string of the molecule is Cc1cc(CN)ccc1-c1cnccc1C(F)(F)F. The molecule has 0 saturated heterocycles. The second kappa shape index (κ2) is 5.01. The summed E-state index contributed by atoms with van der Waals surface area (Å²) in [5.74, 6) is 0. The Morgan fingerprint density at radius 2 is 1.89 bits per heavy atom. The van der Waals surface area contributed by atoms with Gasteiger partial charge >= 0.3 is 6.18 Å². The summed E-state index contributed by atoms with van der Waals surface area (Å²) in [5, 5.41) is 0. The maximum Gasteiger partial charge on any atom is 0.417 e. The number of aromatic nitrogens is 1. The molecule has 0 bridgehead atoms. The number of halogens is 3. The van der Waals surface area contributed by atoms with Gasteiger partial charge in [0.1, 0.15) is 0 Å². The van der Waals surface area contributed by atoms with Crippen LogP contribution in [0.15, 0.2) is 36.7 Å². The lowest BCUT2D eigenvalue weighted by molar-refractivity contribution is -0.137. The summed E-state index contributed by atoms with van der Waals surface area (Å²) in [7, 11) is 0. The van der Waals surface area contributed by atoms with Gasteiger partial charge in [-0.3, -0.25) is 4.98 Å². The van der Waals surface area contributed by atoms with E-state index in [2.05, 4.69) is 4.98 Å². The van der Waals surface area contributed by atoms with Crippen LogP contribution in [-0.4, -0.2) is 4.98 Å². The van der Waals surface area contributed by atoms with Gasteiger partial charge in [0, 0.05) is 24.5 Å². The lowest BCUT2D eigenvalue weighted by atomic mass is 9.96. The molecule has 0 aliphatic heterocycles. The summed E-state index contributed by atoms with van der Waals surface area (Å²) in [4.78, 5) is 3.79. The molecule has 0 saturated carbocycles. The van der Waals surface area contributed by atoms with E-state index in [0.29, 0.717) is 12.1 Å². The van der Waals surface area contributed by atoms with Gasteiger partial charge in [-0.1, -0.05) is 18.2 Å². The standard InChI is InChI=1S/C14H13F3N2/c1-9-6-10(7-18)2-3-11(9)12-8-19-5-4-13(12)14(15,16)17/h2-6,8H,7,18H2,1H3. The zero-order valence-electron chi connectivity index (χ0n) is 10.3. The van der Waals surface area contributed by atoms with E-state index in [1.807, 2.05) is 0 Å². The third-order valence-corrected chi connectivity index (χ3v) is 2.94. The molecule has 2 aromatic rings. The Kier molecular flexibility index (Phi) is 3.57. The first-order valence-corrected chi connectivity index (χ1v) is 5.74. The normalized spacial score (nSPS) is 11.6. The van der Waals surface area contributed by atoms with E-state index in [-0.39, 0.29) is 5.56 Å². The number of hydrogen-bond donors (Lipinski definition) is 1. The third-order valence-electron chi connectivity index (χ3n) is 2.94. The molecule has 0 spiro atoms. The van der Waals surface area contributed by atoms with Crippen LogP contribution in [0, 0.1) is 6.92 Å². The average molecular weight is 266 g/mol. The summed E-state index contributed by atoms with van der Waals surface area (Å²) < 4.78 is 38.9. The Labute approximate surface area is 109 Å². The molecule has 5 heteroatoms. The van der Waals surface area contributed by atoms with Crippen LogP contribution in [0.5, 0.6) is 0 Å². The third kappa shape index (κ3) is 2.76. The van der Waals surface area contributed by atoms with Crippen LogP contribution in [0.4, 0.5) is 13.2 Å². The number of nitrogens with two attached hydrogens (primary N) is 1. The topological polar surface area (TPSA) is 38.9 Å². The van der Waals surface area contributed by atoms with E-state index in [1.165, 1.54) is 6.20 Å². The molecular weight excluding hydrogens is 253 g/mol. The van der Waals surface area contributed by atoms with Crippen LogP contribution >= 0.6 is 0 Å². The fraction of sp³-hybridized carbons (Fsp3) is 0.214. The molecule has 1 aromatic heterocycles. The van der Waals surface area contributed by atoms with Crippen molar-refractivity contribution in [2.75, 3.05) is 0 Å². The summed E-state index contributed by atoms with van der Waals surface area (Å²) in [6, 6.07) is 6.17. The number of pyridine rings is 1. The predicted octanol–water partition coefficient (Wildman–Crippen LogP) is 3.53. The van der Waals surface area contributed by atoms with Crippen LogP contribution < -0.4 is 5.73 Å². The minimum atomic E-state index is -4.39. The second-order valence-electron chi connectivity index (χ2n) is 4.27. The molecule has 0 amide bonds. The van der Waals surface area contributed by atoms with Crippen molar-refractivity contribution >= 4 is 0 Å². The van der Waals surface area contributed by atoms with Gasteiger partial charge in [-0.05, 0) is 29.7 Å². The predicted molar refractivity (Wildman–Crippen MR) is 67.3 cm³/mol. The highest BCUT2D eigenvalue weighted by atomic mass is 19.4. The monoisotopic (exact) mass is 266 g/mol. The number of nitrogens with zero attached hydrogens (tertiary/aromatic N) is 1. The first-order chi connectivity index (χ1) is 8.93. The van der Waals surface area contributed by atoms with Crippen molar-refractivity contribution in [3.05, 3.63) is 53.3 Å². The van der Waals surface area contributed by atoms with E-state index in [0.717, 1.165) is 23.4 Å². The Morgan fingerprint density at radius 1 is 1.16 bits per heavy atom. The van der Waals surface area contributed by atoms with Crippen molar-refractivity contribution in [1.29, 1.82) is 0 Å². The van der Waals surface area contributed by atoms with Gasteiger partial charge in [-0.25, -0.2) is 0 Å². The largest absolute Gasteiger partial charge is 0.417 e. The second-order valence-corrected chi connectivity index (χ2v) is 4.27. The molecule has 0 unspecified atom stereocenters. The Morgan fingerprint density at radius 3 is 2.47 bits per heavy atom. The van der Waals surface area contributed by atoms with Crippen molar-refractivity contribution in [2.24, 2.45) is 5.73 Å². The van der Waals surface area contributed by atoms with Gasteiger partial charge in [-0.15, -0.1) is 0 Å². The lowest BCUT2D eigenvalue weighted by Crippen LogP contribution is -2.08. The van der Waals surface area contributed by atoms with E-state index in [1.54, 1.807) is 25.1 Å². The fourth-order valence-electron chi connectivity index (χ4n) is 2.01. The quantitative estimate of drug-likeness (QED) is 0.903. The highest BCUT2D eigenvalue weighted by Gasteiger charge is 2.33. The molecule has 1 heterocycles. The van der Waals surface area contributed by atoms with Gasteiger partial charge in [0.15, 0.2) is 0 Å². The molecule has 100 valence electrons. The smallest absolute Gasteiger partial charge is 0.326 e. The van der Waals surface area contributed by atoms with Gasteiger partial charge in [0.05, 0.1) is 5.56 Å². The molecule has 0 aliphatic carbocycles. The molecule has 2 N–H and O–H groups in total. The maximum atomic E-state index is 13.0. The number of alkyl halides is 3. The molecule has 1 aromatic carbocycles. The number of benzene rings is 1. The Bertz CT molecular complexity index is 591. The minimum absolute atomic E-state index is 0.0936. The summed E-state index contributed by atoms with van der Waals surface area (Å²) in [6.45, 7) is 2.13. The van der Waals surface area contributed by atoms with Crippen molar-refractivity contribution in [3.63, 3.8) is 0 Å². The zero-order valence-corrected chi connectivity index (χ0v) is 10.3. The highest BCUT2D eigenvalue weighted by Crippen LogP contribution is 2.37. The van der Waals surface area contributed by atoms with Crippen molar-refractivity contribution in [2.45, 2.75) is 19.6 Å². The van der Waals surface area contributed by atoms with E-state index in [4.69, 9.17) is 5.73 Å². The van der Waals surface area contributed by atoms with Crippen molar-refractivity contribution < 1.29 is 13.2 Å². The maximum absolute atomic E-state index is 13.0. The lowest BCUT2D eigenvalue weighted by Gasteiger charge is -2.14. The number of aryl methyl sites for hydroxylation is 1. The van der Waals surface area contributed by atoms with Gasteiger partial charge < -0.3 is 5.73 Å². The molecule has 2 rings (SSSR count). The summed E-state index contributed by atoms with van der Waals surface area (Å²) in [5.41, 5.74) is 7.10. The van der Waals surface area contributed by atoms with Crippen LogP contribution in [0.2, 0.25) is 0 Å². The minimum Gasteiger partial charge on any atom is -0.326 e. The summed E-state index contributed by atoms with van der Waals surface area (Å²) in [6.07, 6.45) is -2.00. The van der Waals surface area contributed by atoms with Crippen LogP contribution in [0.1, 0.15) is 16.7 Å². The van der Waals surface area contributed by atoms with E-state index < -0.39 is 11.7 Å². The number of rotatable bonds is 2. The molecule has 19 heavy (non-hydrogen) atoms. The van der Waals surface area contributed by atoms with Gasteiger partial charge in [0.2, 0.25) is 0 Å². The Balaban J connectivity index is 2.60. The molecule has 0 aliphatic rings. The van der Waals surface area contributed by atoms with Crippen LogP contribution in [-0.2, 0) is 12.7 Å². The molecule has 0 fully saturated rings. The first kappa shape index (κ1) is 13.5. The van der Waals surface area contributed by atoms with Crippen LogP contribution in [0.3, 0.4) is 0 Å². The Hall–Kier alpha value is -1.88. The summed E-state index contributed by atoms with van der Waals surface area (Å²) >= 11 is 0. The van der Waals surface area contributed by atoms with Crippen LogP contribution in [0.25, 0.3) is 11.1 Å². The van der Waals surface area contributed by atoms with Gasteiger partial charge in [-0.2, -0.15) is 13.2 Å². The zero-order chi connectivity index (χ0) is 14.0. The number of hydrogen-bond acceptors (Lipinski definition) is 2. The molecular formula is C14H13F3N2.